The summed E-state index contributed by atoms with van der Waals surface area (Å²) in [4.78, 5) is 12.3. The molecular weight excluding hydrogens is 326 g/mol. The molecule has 0 aromatic heterocycles. The maximum atomic E-state index is 12.3. The standard InChI is InChI=1S/C15H20F2N2O3S/c1-15(9-18,12-6-7-12)19-13(20)11-4-2-10(3-5-11)8-23(21,22)14(16)17/h2-5,12,14H,6-9,18H2,1H3,(H,19,20). The maximum absolute atomic E-state index is 12.3. The summed E-state index contributed by atoms with van der Waals surface area (Å²) in [6.45, 7) is 2.22. The number of alkyl halides is 2. The molecule has 1 fully saturated rings. The van der Waals surface area contributed by atoms with Crippen molar-refractivity contribution >= 4 is 15.7 Å². The van der Waals surface area contributed by atoms with Gasteiger partial charge in [0.25, 0.3) is 5.91 Å². The van der Waals surface area contributed by atoms with E-state index in [1.807, 2.05) is 6.92 Å². The lowest BCUT2D eigenvalue weighted by Gasteiger charge is -2.29. The summed E-state index contributed by atoms with van der Waals surface area (Å²) in [5.41, 5.74) is 5.83. The van der Waals surface area contributed by atoms with Crippen molar-refractivity contribution in [1.82, 2.24) is 5.32 Å². The molecule has 1 atom stereocenters. The Morgan fingerprint density at radius 1 is 1.35 bits per heavy atom. The molecule has 128 valence electrons. The average Bonchev–Trinajstić information content (AvgIpc) is 3.32. The number of amides is 1. The van der Waals surface area contributed by atoms with E-state index in [-0.39, 0.29) is 11.5 Å². The fourth-order valence-electron chi connectivity index (χ4n) is 2.42. The van der Waals surface area contributed by atoms with Crippen LogP contribution >= 0.6 is 0 Å². The summed E-state index contributed by atoms with van der Waals surface area (Å²) in [5.74, 6) is -4.11. The monoisotopic (exact) mass is 346 g/mol. The number of nitrogens with two attached hydrogens (primary N) is 1. The summed E-state index contributed by atoms with van der Waals surface area (Å²) >= 11 is 0. The predicted octanol–water partition coefficient (Wildman–Crippen LogP) is 1.68. The van der Waals surface area contributed by atoms with Crippen LogP contribution in [0.1, 0.15) is 35.7 Å². The number of nitrogens with one attached hydrogen (secondary N) is 1. The first-order valence-electron chi connectivity index (χ1n) is 7.29. The molecule has 1 aliphatic rings. The summed E-state index contributed by atoms with van der Waals surface area (Å²) in [5, 5.41) is 2.91. The summed E-state index contributed by atoms with van der Waals surface area (Å²) < 4.78 is 47.1. The second-order valence-electron chi connectivity index (χ2n) is 6.11. The molecule has 1 aliphatic carbocycles. The number of sulfone groups is 1. The molecule has 8 heteroatoms. The molecule has 3 N–H and O–H groups in total. The van der Waals surface area contributed by atoms with Gasteiger partial charge < -0.3 is 11.1 Å². The minimum atomic E-state index is -4.47. The van der Waals surface area contributed by atoms with Gasteiger partial charge in [-0.2, -0.15) is 8.78 Å². The van der Waals surface area contributed by atoms with Gasteiger partial charge in [-0.3, -0.25) is 4.79 Å². The van der Waals surface area contributed by atoms with Crippen LogP contribution in [0, 0.1) is 5.92 Å². The average molecular weight is 346 g/mol. The van der Waals surface area contributed by atoms with E-state index in [9.17, 15) is 22.0 Å². The van der Waals surface area contributed by atoms with Crippen LogP contribution in [-0.4, -0.2) is 32.2 Å². The van der Waals surface area contributed by atoms with E-state index < -0.39 is 26.9 Å². The Morgan fingerprint density at radius 2 is 1.91 bits per heavy atom. The molecule has 0 bridgehead atoms. The number of hydrogen-bond donors (Lipinski definition) is 2. The third-order valence-electron chi connectivity index (χ3n) is 4.16. The Bertz CT molecular complexity index is 672. The van der Waals surface area contributed by atoms with Crippen LogP contribution in [-0.2, 0) is 15.6 Å². The molecule has 1 aromatic carbocycles. The lowest BCUT2D eigenvalue weighted by Crippen LogP contribution is -2.53. The highest BCUT2D eigenvalue weighted by atomic mass is 32.2. The van der Waals surface area contributed by atoms with Crippen LogP contribution in [0.25, 0.3) is 0 Å². The minimum absolute atomic E-state index is 0.214. The number of halogens is 2. The molecule has 5 nitrogen and oxygen atoms in total. The Kier molecular flexibility index (Phi) is 5.05. The first-order valence-corrected chi connectivity index (χ1v) is 9.01. The van der Waals surface area contributed by atoms with Gasteiger partial charge in [-0.1, -0.05) is 12.1 Å². The summed E-state index contributed by atoms with van der Waals surface area (Å²) in [7, 11) is -4.47. The van der Waals surface area contributed by atoms with Crippen LogP contribution in [0.5, 0.6) is 0 Å². The van der Waals surface area contributed by atoms with Crippen LogP contribution in [0.4, 0.5) is 8.78 Å². The Morgan fingerprint density at radius 3 is 2.35 bits per heavy atom. The van der Waals surface area contributed by atoms with E-state index in [2.05, 4.69) is 5.32 Å². The van der Waals surface area contributed by atoms with Gasteiger partial charge in [0.05, 0.1) is 11.3 Å². The van der Waals surface area contributed by atoms with Gasteiger partial charge in [-0.25, -0.2) is 8.42 Å². The van der Waals surface area contributed by atoms with Gasteiger partial charge in [0, 0.05) is 12.1 Å². The second-order valence-corrected chi connectivity index (χ2v) is 8.09. The Hall–Kier alpha value is -1.54. The van der Waals surface area contributed by atoms with E-state index >= 15 is 0 Å². The number of carbonyl (C=O) groups excluding carboxylic acids is 1. The zero-order chi connectivity index (χ0) is 17.3. The zero-order valence-electron chi connectivity index (χ0n) is 12.8. The molecule has 23 heavy (non-hydrogen) atoms. The van der Waals surface area contributed by atoms with E-state index in [0.29, 0.717) is 18.0 Å². The van der Waals surface area contributed by atoms with Crippen molar-refractivity contribution < 1.29 is 22.0 Å². The van der Waals surface area contributed by atoms with E-state index in [0.717, 1.165) is 12.8 Å². The molecule has 0 heterocycles. The number of hydrogen-bond acceptors (Lipinski definition) is 4. The lowest BCUT2D eigenvalue weighted by atomic mass is 9.95. The predicted molar refractivity (Wildman–Crippen MR) is 82.7 cm³/mol. The Labute approximate surface area is 134 Å². The minimum Gasteiger partial charge on any atom is -0.345 e. The van der Waals surface area contributed by atoms with Crippen LogP contribution in [0.15, 0.2) is 24.3 Å². The summed E-state index contributed by atoms with van der Waals surface area (Å²) in [6.07, 6.45) is 2.05. The van der Waals surface area contributed by atoms with Crippen molar-refractivity contribution in [2.75, 3.05) is 6.54 Å². The van der Waals surface area contributed by atoms with Gasteiger partial charge >= 0.3 is 5.76 Å². The highest BCUT2D eigenvalue weighted by molar-refractivity contribution is 7.90. The third-order valence-corrected chi connectivity index (χ3v) is 5.44. The number of rotatable bonds is 7. The molecule has 0 spiro atoms. The Balaban J connectivity index is 2.06. The number of benzene rings is 1. The van der Waals surface area contributed by atoms with E-state index in [1.54, 1.807) is 0 Å². The van der Waals surface area contributed by atoms with Crippen molar-refractivity contribution in [2.45, 2.75) is 36.8 Å². The first-order chi connectivity index (χ1) is 10.7. The maximum Gasteiger partial charge on any atom is 0.337 e. The molecule has 1 amide bonds. The van der Waals surface area contributed by atoms with Crippen molar-refractivity contribution in [3.63, 3.8) is 0 Å². The smallest absolute Gasteiger partial charge is 0.337 e. The molecule has 0 aliphatic heterocycles. The summed E-state index contributed by atoms with van der Waals surface area (Å²) in [6, 6.07) is 5.59. The van der Waals surface area contributed by atoms with Gasteiger partial charge in [-0.15, -0.1) is 0 Å². The van der Waals surface area contributed by atoms with Gasteiger partial charge in [0.1, 0.15) is 0 Å². The molecule has 0 radical (unpaired) electrons. The van der Waals surface area contributed by atoms with Crippen LogP contribution in [0.2, 0.25) is 0 Å². The highest BCUT2D eigenvalue weighted by Crippen LogP contribution is 2.39. The molecule has 1 aromatic rings. The fraction of sp³-hybridized carbons (Fsp3) is 0.533. The SMILES string of the molecule is CC(CN)(NC(=O)c1ccc(CS(=O)(=O)C(F)F)cc1)C1CC1. The zero-order valence-corrected chi connectivity index (χ0v) is 13.6. The molecular formula is C15H20F2N2O3S. The lowest BCUT2D eigenvalue weighted by molar-refractivity contribution is 0.0898. The molecule has 1 unspecified atom stereocenters. The van der Waals surface area contributed by atoms with Crippen LogP contribution < -0.4 is 11.1 Å². The second kappa shape index (κ2) is 6.52. The number of carbonyl (C=O) groups is 1. The normalized spacial score (nSPS) is 17.8. The van der Waals surface area contributed by atoms with E-state index in [1.165, 1.54) is 24.3 Å². The quantitative estimate of drug-likeness (QED) is 0.786. The van der Waals surface area contributed by atoms with Crippen molar-refractivity contribution in [3.8, 4) is 0 Å². The van der Waals surface area contributed by atoms with Gasteiger partial charge in [0.15, 0.2) is 0 Å². The van der Waals surface area contributed by atoms with Crippen molar-refractivity contribution in [1.29, 1.82) is 0 Å². The van der Waals surface area contributed by atoms with E-state index in [4.69, 9.17) is 5.73 Å². The third kappa shape index (κ3) is 4.26. The van der Waals surface area contributed by atoms with Crippen molar-refractivity contribution in [3.05, 3.63) is 35.4 Å². The fourth-order valence-corrected chi connectivity index (χ4v) is 3.20. The molecule has 1 saturated carbocycles. The molecule has 0 saturated heterocycles. The largest absolute Gasteiger partial charge is 0.345 e. The topological polar surface area (TPSA) is 89.3 Å². The van der Waals surface area contributed by atoms with Gasteiger partial charge in [0.2, 0.25) is 9.84 Å². The van der Waals surface area contributed by atoms with Crippen LogP contribution in [0.3, 0.4) is 0 Å². The van der Waals surface area contributed by atoms with Crippen molar-refractivity contribution in [2.24, 2.45) is 11.7 Å². The first kappa shape index (κ1) is 17.8. The highest BCUT2D eigenvalue weighted by Gasteiger charge is 2.41. The molecule has 2 rings (SSSR count). The van der Waals surface area contributed by atoms with Gasteiger partial charge in [-0.05, 0) is 43.4 Å².